The van der Waals surface area contributed by atoms with Crippen LogP contribution in [0.3, 0.4) is 0 Å². The maximum Gasteiger partial charge on any atom is 0.164 e. The first-order valence-electron chi connectivity index (χ1n) is 20.0. The Labute approximate surface area is 340 Å². The van der Waals surface area contributed by atoms with Gasteiger partial charge in [-0.05, 0) is 73.1 Å². The Bertz CT molecular complexity index is 3500. The zero-order valence-corrected chi connectivity index (χ0v) is 31.9. The molecule has 0 bridgehead atoms. The molecule has 12 rings (SSSR count). The molecule has 2 heterocycles. The van der Waals surface area contributed by atoms with Crippen molar-refractivity contribution in [2.75, 3.05) is 0 Å². The van der Waals surface area contributed by atoms with Gasteiger partial charge in [0.05, 0.1) is 16.7 Å². The van der Waals surface area contributed by atoms with Gasteiger partial charge in [-0.25, -0.2) is 15.0 Å². The van der Waals surface area contributed by atoms with E-state index in [4.69, 9.17) is 15.0 Å². The number of hydrogen-bond acceptors (Lipinski definition) is 3. The SMILES string of the molecule is c1ccc(-c2nc(-c3ccccc3)nc(-c3ccc(-c4cccc5c4c4ccccc4c4cccc(-n6c7ccccc7c7ccccc76)c45)c4ccccc34)n2)cc1. The van der Waals surface area contributed by atoms with E-state index in [0.29, 0.717) is 17.5 Å². The molecule has 0 spiro atoms. The Morgan fingerprint density at radius 1 is 0.254 bits per heavy atom. The summed E-state index contributed by atoms with van der Waals surface area (Å²) in [5.41, 5.74) is 8.78. The topological polar surface area (TPSA) is 43.6 Å². The molecule has 274 valence electrons. The third-order valence-corrected chi connectivity index (χ3v) is 11.8. The molecule has 0 saturated carbocycles. The summed E-state index contributed by atoms with van der Waals surface area (Å²) in [6.45, 7) is 0. The van der Waals surface area contributed by atoms with Gasteiger partial charge in [-0.1, -0.05) is 182 Å². The molecular weight excluding hydrogens is 717 g/mol. The molecule has 12 aromatic rings. The number of nitrogens with zero attached hydrogens (tertiary/aromatic N) is 4. The van der Waals surface area contributed by atoms with Crippen molar-refractivity contribution in [1.29, 1.82) is 0 Å². The van der Waals surface area contributed by atoms with Crippen LogP contribution >= 0.6 is 0 Å². The second-order valence-corrected chi connectivity index (χ2v) is 15.1. The average Bonchev–Trinajstić information content (AvgIpc) is 3.65. The van der Waals surface area contributed by atoms with Gasteiger partial charge in [0.25, 0.3) is 0 Å². The molecule has 2 aromatic heterocycles. The van der Waals surface area contributed by atoms with Gasteiger partial charge >= 0.3 is 0 Å². The van der Waals surface area contributed by atoms with Gasteiger partial charge in [0, 0.05) is 32.8 Å². The highest BCUT2D eigenvalue weighted by Gasteiger charge is 2.21. The summed E-state index contributed by atoms with van der Waals surface area (Å²) < 4.78 is 2.46. The number of hydrogen-bond donors (Lipinski definition) is 0. The van der Waals surface area contributed by atoms with Crippen LogP contribution in [-0.4, -0.2) is 19.5 Å². The Hall–Kier alpha value is -7.95. The fourth-order valence-electron chi connectivity index (χ4n) is 9.29. The lowest BCUT2D eigenvalue weighted by Gasteiger charge is -2.19. The van der Waals surface area contributed by atoms with Gasteiger partial charge in [0.1, 0.15) is 0 Å². The maximum absolute atomic E-state index is 5.13. The van der Waals surface area contributed by atoms with E-state index in [9.17, 15) is 0 Å². The van der Waals surface area contributed by atoms with Crippen molar-refractivity contribution in [2.24, 2.45) is 0 Å². The van der Waals surface area contributed by atoms with Crippen molar-refractivity contribution in [3.8, 4) is 51.0 Å². The van der Waals surface area contributed by atoms with E-state index in [1.54, 1.807) is 0 Å². The molecule has 0 N–H and O–H groups in total. The van der Waals surface area contributed by atoms with Gasteiger partial charge in [-0.2, -0.15) is 0 Å². The summed E-state index contributed by atoms with van der Waals surface area (Å²) in [7, 11) is 0. The van der Waals surface area contributed by atoms with Crippen LogP contribution in [0.1, 0.15) is 0 Å². The number of fused-ring (bicyclic) bond motifs is 10. The minimum Gasteiger partial charge on any atom is -0.309 e. The minimum absolute atomic E-state index is 0.644. The van der Waals surface area contributed by atoms with Crippen molar-refractivity contribution >= 4 is 64.9 Å². The predicted molar refractivity (Wildman–Crippen MR) is 246 cm³/mol. The van der Waals surface area contributed by atoms with Crippen LogP contribution in [0.5, 0.6) is 0 Å². The second kappa shape index (κ2) is 13.3. The van der Waals surface area contributed by atoms with Crippen molar-refractivity contribution in [3.05, 3.63) is 206 Å². The van der Waals surface area contributed by atoms with Gasteiger partial charge in [0.15, 0.2) is 17.5 Å². The van der Waals surface area contributed by atoms with E-state index in [1.807, 2.05) is 36.4 Å². The average molecular weight is 751 g/mol. The molecule has 0 aliphatic heterocycles. The van der Waals surface area contributed by atoms with Crippen molar-refractivity contribution in [1.82, 2.24) is 19.5 Å². The van der Waals surface area contributed by atoms with E-state index in [2.05, 4.69) is 174 Å². The molecule has 0 aliphatic carbocycles. The summed E-state index contributed by atoms with van der Waals surface area (Å²) >= 11 is 0. The zero-order valence-electron chi connectivity index (χ0n) is 31.9. The van der Waals surface area contributed by atoms with E-state index < -0.39 is 0 Å². The van der Waals surface area contributed by atoms with Gasteiger partial charge in [0.2, 0.25) is 0 Å². The number of para-hydroxylation sites is 2. The van der Waals surface area contributed by atoms with Crippen molar-refractivity contribution in [2.45, 2.75) is 0 Å². The Morgan fingerprint density at radius 2 is 0.695 bits per heavy atom. The fourth-order valence-corrected chi connectivity index (χ4v) is 9.29. The maximum atomic E-state index is 5.13. The first kappa shape index (κ1) is 33.2. The molecule has 0 aliphatic rings. The predicted octanol–water partition coefficient (Wildman–Crippen LogP) is 14.2. The highest BCUT2D eigenvalue weighted by molar-refractivity contribution is 6.31. The minimum atomic E-state index is 0.644. The summed E-state index contributed by atoms with van der Waals surface area (Å²) in [5, 5.41) is 12.1. The zero-order chi connectivity index (χ0) is 38.9. The second-order valence-electron chi connectivity index (χ2n) is 15.1. The Morgan fingerprint density at radius 3 is 1.34 bits per heavy atom. The summed E-state index contributed by atoms with van der Waals surface area (Å²) in [4.78, 5) is 15.2. The molecule has 0 radical (unpaired) electrons. The van der Waals surface area contributed by atoms with Crippen LogP contribution in [0.15, 0.2) is 206 Å². The van der Waals surface area contributed by atoms with E-state index >= 15 is 0 Å². The molecule has 0 unspecified atom stereocenters. The van der Waals surface area contributed by atoms with Crippen LogP contribution in [0.2, 0.25) is 0 Å². The summed E-state index contributed by atoms with van der Waals surface area (Å²) in [6.07, 6.45) is 0. The molecule has 59 heavy (non-hydrogen) atoms. The van der Waals surface area contributed by atoms with Gasteiger partial charge in [-0.15, -0.1) is 0 Å². The number of rotatable bonds is 5. The number of benzene rings is 10. The molecule has 0 fully saturated rings. The largest absolute Gasteiger partial charge is 0.309 e. The smallest absolute Gasteiger partial charge is 0.164 e. The lowest BCUT2D eigenvalue weighted by atomic mass is 9.87. The first-order chi connectivity index (χ1) is 29.3. The standard InChI is InChI=1S/C55H34N4/c1-3-17-35(18-4-1)53-56-54(36-19-5-2-6-20-36)58-55(57-53)46-34-33-40(37-21-7-8-22-38(37)46)44-27-15-29-47-51(44)43-26-10-9-23-39(43)45-28-16-32-50(52(45)47)59-48-30-13-11-24-41(48)42-25-12-14-31-49(42)59/h1-34H. The fraction of sp³-hybridized carbons (Fsp3) is 0. The van der Waals surface area contributed by atoms with E-state index in [0.717, 1.165) is 33.0 Å². The molecule has 10 aromatic carbocycles. The van der Waals surface area contributed by atoms with Crippen molar-refractivity contribution in [3.63, 3.8) is 0 Å². The monoisotopic (exact) mass is 750 g/mol. The van der Waals surface area contributed by atoms with Gasteiger partial charge in [-0.3, -0.25) is 0 Å². The van der Waals surface area contributed by atoms with E-state index in [1.165, 1.54) is 65.4 Å². The summed E-state index contributed by atoms with van der Waals surface area (Å²) in [5.74, 6) is 1.94. The highest BCUT2D eigenvalue weighted by atomic mass is 15.0. The third kappa shape index (κ3) is 5.20. The highest BCUT2D eigenvalue weighted by Crippen LogP contribution is 2.46. The summed E-state index contributed by atoms with van der Waals surface area (Å²) in [6, 6.07) is 73.5. The van der Waals surface area contributed by atoms with Crippen LogP contribution in [0.25, 0.3) is 116 Å². The molecule has 0 atom stereocenters. The number of aromatic nitrogens is 4. The normalized spacial score (nSPS) is 11.7. The lowest BCUT2D eigenvalue weighted by molar-refractivity contribution is 1.08. The molecule has 0 amide bonds. The first-order valence-corrected chi connectivity index (χ1v) is 20.0. The van der Waals surface area contributed by atoms with Crippen LogP contribution in [-0.2, 0) is 0 Å². The Balaban J connectivity index is 1.14. The van der Waals surface area contributed by atoms with Crippen LogP contribution in [0, 0.1) is 0 Å². The van der Waals surface area contributed by atoms with Crippen LogP contribution in [0.4, 0.5) is 0 Å². The molecule has 0 saturated heterocycles. The third-order valence-electron chi connectivity index (χ3n) is 11.8. The lowest BCUT2D eigenvalue weighted by Crippen LogP contribution is -2.00. The molecule has 4 nitrogen and oxygen atoms in total. The van der Waals surface area contributed by atoms with E-state index in [-0.39, 0.29) is 0 Å². The molecule has 4 heteroatoms. The van der Waals surface area contributed by atoms with Gasteiger partial charge < -0.3 is 4.57 Å². The van der Waals surface area contributed by atoms with Crippen LogP contribution < -0.4 is 0 Å². The molecular formula is C55H34N4. The van der Waals surface area contributed by atoms with Crippen molar-refractivity contribution < 1.29 is 0 Å². The quantitative estimate of drug-likeness (QED) is 0.165. The Kier molecular flexibility index (Phi) is 7.50.